The summed E-state index contributed by atoms with van der Waals surface area (Å²) in [5.74, 6) is 0.910. The Morgan fingerprint density at radius 3 is 2.53 bits per heavy atom. The third-order valence-corrected chi connectivity index (χ3v) is 3.81. The summed E-state index contributed by atoms with van der Waals surface area (Å²) in [4.78, 5) is 2.69. The van der Waals surface area contributed by atoms with Crippen molar-refractivity contribution in [1.82, 2.24) is 4.90 Å². The van der Waals surface area contributed by atoms with Crippen molar-refractivity contribution in [2.45, 2.75) is 59.8 Å². The summed E-state index contributed by atoms with van der Waals surface area (Å²) in [5.41, 5.74) is 0.503. The zero-order valence-corrected chi connectivity index (χ0v) is 11.2. The van der Waals surface area contributed by atoms with Gasteiger partial charge in [0.1, 0.15) is 0 Å². The van der Waals surface area contributed by atoms with Gasteiger partial charge in [-0.25, -0.2) is 0 Å². The van der Waals surface area contributed by atoms with Crippen LogP contribution in [0.15, 0.2) is 0 Å². The van der Waals surface area contributed by atoms with Crippen LogP contribution in [0.1, 0.15) is 59.8 Å². The molecule has 0 N–H and O–H groups in total. The number of piperidine rings is 1. The third-order valence-electron chi connectivity index (χ3n) is 3.81. The van der Waals surface area contributed by atoms with E-state index in [1.807, 2.05) is 0 Å². The van der Waals surface area contributed by atoms with Gasteiger partial charge < -0.3 is 4.90 Å². The zero-order valence-electron chi connectivity index (χ0n) is 11.2. The molecule has 1 aliphatic rings. The Morgan fingerprint density at radius 2 is 1.93 bits per heavy atom. The molecule has 0 aliphatic carbocycles. The summed E-state index contributed by atoms with van der Waals surface area (Å²) in [6.07, 6.45) is 6.99. The largest absolute Gasteiger partial charge is 0.303 e. The van der Waals surface area contributed by atoms with Gasteiger partial charge in [0, 0.05) is 6.54 Å². The molecule has 0 amide bonds. The number of hydrogen-bond acceptors (Lipinski definition) is 1. The van der Waals surface area contributed by atoms with Crippen LogP contribution in [0.3, 0.4) is 0 Å². The minimum Gasteiger partial charge on any atom is -0.303 e. The second kappa shape index (κ2) is 5.89. The number of unbranched alkanes of at least 4 members (excludes halogenated alkanes) is 2. The van der Waals surface area contributed by atoms with Crippen LogP contribution in [0.4, 0.5) is 0 Å². The molecule has 15 heavy (non-hydrogen) atoms. The van der Waals surface area contributed by atoms with E-state index in [0.29, 0.717) is 5.41 Å². The minimum atomic E-state index is 0.503. The van der Waals surface area contributed by atoms with Crippen LogP contribution in [-0.4, -0.2) is 24.5 Å². The van der Waals surface area contributed by atoms with E-state index >= 15 is 0 Å². The molecule has 1 atom stereocenters. The lowest BCUT2D eigenvalue weighted by atomic mass is 9.76. The lowest BCUT2D eigenvalue weighted by Gasteiger charge is -2.39. The highest BCUT2D eigenvalue weighted by Gasteiger charge is 2.28. The Bertz CT molecular complexity index is 169. The molecule has 90 valence electrons. The Labute approximate surface area is 96.2 Å². The summed E-state index contributed by atoms with van der Waals surface area (Å²) in [7, 11) is 0. The predicted octanol–water partition coefficient (Wildman–Crippen LogP) is 3.93. The van der Waals surface area contributed by atoms with Crippen molar-refractivity contribution in [3.63, 3.8) is 0 Å². The van der Waals surface area contributed by atoms with Crippen molar-refractivity contribution < 1.29 is 0 Å². The van der Waals surface area contributed by atoms with Crippen LogP contribution in [0.2, 0.25) is 0 Å². The van der Waals surface area contributed by atoms with E-state index in [9.17, 15) is 0 Å². The van der Waals surface area contributed by atoms with Gasteiger partial charge >= 0.3 is 0 Å². The van der Waals surface area contributed by atoms with Crippen LogP contribution >= 0.6 is 0 Å². The van der Waals surface area contributed by atoms with Crippen LogP contribution < -0.4 is 0 Å². The van der Waals surface area contributed by atoms with Crippen molar-refractivity contribution in [2.75, 3.05) is 19.6 Å². The van der Waals surface area contributed by atoms with E-state index < -0.39 is 0 Å². The maximum atomic E-state index is 2.69. The molecule has 1 heterocycles. The molecule has 0 aromatic carbocycles. The van der Waals surface area contributed by atoms with Crippen molar-refractivity contribution in [1.29, 1.82) is 0 Å². The van der Waals surface area contributed by atoms with E-state index in [0.717, 1.165) is 5.92 Å². The van der Waals surface area contributed by atoms with Gasteiger partial charge in [-0.2, -0.15) is 0 Å². The summed E-state index contributed by atoms with van der Waals surface area (Å²) in [6.45, 7) is 13.5. The topological polar surface area (TPSA) is 3.24 Å². The highest BCUT2D eigenvalue weighted by molar-refractivity contribution is 4.81. The highest BCUT2D eigenvalue weighted by atomic mass is 15.1. The van der Waals surface area contributed by atoms with Crippen molar-refractivity contribution in [2.24, 2.45) is 11.3 Å². The van der Waals surface area contributed by atoms with Gasteiger partial charge in [0.05, 0.1) is 0 Å². The zero-order chi connectivity index (χ0) is 11.3. The van der Waals surface area contributed by atoms with E-state index in [1.165, 1.54) is 51.7 Å². The first-order chi connectivity index (χ1) is 7.04. The molecule has 1 fully saturated rings. The first kappa shape index (κ1) is 13.0. The van der Waals surface area contributed by atoms with Crippen molar-refractivity contribution in [3.05, 3.63) is 0 Å². The molecule has 0 bridgehead atoms. The molecule has 0 saturated carbocycles. The summed E-state index contributed by atoms with van der Waals surface area (Å²) < 4.78 is 0. The fourth-order valence-corrected chi connectivity index (χ4v) is 2.55. The smallest absolute Gasteiger partial charge is 0.00147 e. The molecule has 0 aromatic rings. The van der Waals surface area contributed by atoms with Gasteiger partial charge in [0.2, 0.25) is 0 Å². The van der Waals surface area contributed by atoms with Gasteiger partial charge in [-0.3, -0.25) is 0 Å². The maximum absolute atomic E-state index is 2.69. The van der Waals surface area contributed by atoms with E-state index in [2.05, 4.69) is 32.6 Å². The maximum Gasteiger partial charge on any atom is 0.00147 e. The molecular formula is C14H29N. The van der Waals surface area contributed by atoms with Gasteiger partial charge in [0.15, 0.2) is 0 Å². The standard InChI is InChI=1S/C14H29N/c1-5-6-7-10-15-11-8-9-13(12-15)14(2,3)4/h13H,5-12H2,1-4H3. The second-order valence-electron chi connectivity index (χ2n) is 6.21. The van der Waals surface area contributed by atoms with E-state index in [-0.39, 0.29) is 0 Å². The summed E-state index contributed by atoms with van der Waals surface area (Å²) in [6, 6.07) is 0. The van der Waals surface area contributed by atoms with Gasteiger partial charge in [-0.1, -0.05) is 40.5 Å². The Kier molecular flexibility index (Phi) is 5.11. The molecule has 1 saturated heterocycles. The van der Waals surface area contributed by atoms with Crippen molar-refractivity contribution in [3.8, 4) is 0 Å². The first-order valence-corrected chi connectivity index (χ1v) is 6.76. The number of likely N-dealkylation sites (tertiary alicyclic amines) is 1. The number of hydrogen-bond donors (Lipinski definition) is 0. The summed E-state index contributed by atoms with van der Waals surface area (Å²) in [5, 5.41) is 0. The molecule has 1 aliphatic heterocycles. The lowest BCUT2D eigenvalue weighted by molar-refractivity contribution is 0.0979. The molecule has 0 radical (unpaired) electrons. The SMILES string of the molecule is CCCCCN1CCCC(C(C)(C)C)C1. The van der Waals surface area contributed by atoms with Crippen LogP contribution in [0.25, 0.3) is 0 Å². The number of nitrogens with zero attached hydrogens (tertiary/aromatic N) is 1. The molecule has 1 unspecified atom stereocenters. The van der Waals surface area contributed by atoms with E-state index in [4.69, 9.17) is 0 Å². The molecule has 1 nitrogen and oxygen atoms in total. The molecule has 1 rings (SSSR count). The fraction of sp³-hybridized carbons (Fsp3) is 1.00. The molecule has 1 heteroatoms. The fourth-order valence-electron chi connectivity index (χ4n) is 2.55. The average Bonchev–Trinajstić information content (AvgIpc) is 2.17. The predicted molar refractivity (Wildman–Crippen MR) is 68.1 cm³/mol. The quantitative estimate of drug-likeness (QED) is 0.637. The second-order valence-corrected chi connectivity index (χ2v) is 6.21. The van der Waals surface area contributed by atoms with Crippen LogP contribution in [0, 0.1) is 11.3 Å². The van der Waals surface area contributed by atoms with Crippen LogP contribution in [-0.2, 0) is 0 Å². The summed E-state index contributed by atoms with van der Waals surface area (Å²) >= 11 is 0. The molecular weight excluding hydrogens is 182 g/mol. The average molecular weight is 211 g/mol. The van der Waals surface area contributed by atoms with Gasteiger partial charge in [-0.15, -0.1) is 0 Å². The monoisotopic (exact) mass is 211 g/mol. The van der Waals surface area contributed by atoms with Crippen molar-refractivity contribution >= 4 is 0 Å². The minimum absolute atomic E-state index is 0.503. The molecule has 0 aromatic heterocycles. The Hall–Kier alpha value is -0.0400. The third kappa shape index (κ3) is 4.55. The van der Waals surface area contributed by atoms with Crippen LogP contribution in [0.5, 0.6) is 0 Å². The lowest BCUT2D eigenvalue weighted by Crippen LogP contribution is -2.40. The Morgan fingerprint density at radius 1 is 1.20 bits per heavy atom. The molecule has 0 spiro atoms. The Balaban J connectivity index is 2.29. The first-order valence-electron chi connectivity index (χ1n) is 6.76. The number of rotatable bonds is 4. The van der Waals surface area contributed by atoms with E-state index in [1.54, 1.807) is 0 Å². The normalized spacial score (nSPS) is 24.4. The highest BCUT2D eigenvalue weighted by Crippen LogP contribution is 2.33. The van der Waals surface area contributed by atoms with Gasteiger partial charge in [0.25, 0.3) is 0 Å². The van der Waals surface area contributed by atoms with Gasteiger partial charge in [-0.05, 0) is 43.7 Å².